The normalized spacial score (nSPS) is 18.5. The highest BCUT2D eigenvalue weighted by atomic mass is 19.4. The molecule has 0 bridgehead atoms. The van der Waals surface area contributed by atoms with Gasteiger partial charge in [0.2, 0.25) is 0 Å². The smallest absolute Gasteiger partial charge is 0.416 e. The molecule has 1 aromatic heterocycles. The molecule has 1 saturated heterocycles. The lowest BCUT2D eigenvalue weighted by atomic mass is 10.1. The van der Waals surface area contributed by atoms with Gasteiger partial charge in [0.15, 0.2) is 0 Å². The fourth-order valence-electron chi connectivity index (χ4n) is 5.51. The van der Waals surface area contributed by atoms with Crippen LogP contribution >= 0.6 is 0 Å². The van der Waals surface area contributed by atoms with Crippen LogP contribution in [0.3, 0.4) is 0 Å². The largest absolute Gasteiger partial charge is 0.490 e. The van der Waals surface area contributed by atoms with Gasteiger partial charge in [0.1, 0.15) is 36.6 Å². The molecule has 2 atom stereocenters. The summed E-state index contributed by atoms with van der Waals surface area (Å²) in [6.45, 7) is 4.13. The van der Waals surface area contributed by atoms with Gasteiger partial charge in [0.25, 0.3) is 6.17 Å². The number of aromatic nitrogens is 2. The lowest BCUT2D eigenvalue weighted by Crippen LogP contribution is -2.45. The molecule has 2 aliphatic rings. The van der Waals surface area contributed by atoms with E-state index in [0.717, 1.165) is 56.1 Å². The van der Waals surface area contributed by atoms with Gasteiger partial charge >= 0.3 is 12.2 Å². The molecule has 14 heteroatoms. The highest BCUT2D eigenvalue weighted by Crippen LogP contribution is 2.31. The number of imidazole rings is 1. The fourth-order valence-corrected chi connectivity index (χ4v) is 5.51. The molecule has 0 amide bonds. The predicted octanol–water partition coefficient (Wildman–Crippen LogP) is 5.95. The molecule has 0 saturated carbocycles. The Labute approximate surface area is 261 Å². The minimum atomic E-state index is -4.60. The monoisotopic (exact) mass is 641 g/mol. The second-order valence-corrected chi connectivity index (χ2v) is 11.2. The Morgan fingerprint density at radius 1 is 0.957 bits per heavy atom. The SMILES string of the molecule is O=[N+]([O-])C1CC(COc2ccc(N3CCN(Cc4ccc(OCc5ccc(C(F)(F)F)cc5F)cc4)CC3)cc2)Oc2nccn21. The van der Waals surface area contributed by atoms with E-state index in [4.69, 9.17) is 14.2 Å². The van der Waals surface area contributed by atoms with Crippen molar-refractivity contribution in [1.82, 2.24) is 14.5 Å². The Bertz CT molecular complexity index is 1640. The van der Waals surface area contributed by atoms with Gasteiger partial charge in [-0.1, -0.05) is 18.2 Å². The highest BCUT2D eigenvalue weighted by Gasteiger charge is 2.36. The standard InChI is InChI=1S/C32H31F4N5O5/c33-29-17-24(32(34,35)36)4-3-23(29)20-44-26-7-1-22(2-8-26)19-38-13-15-39(16-14-38)25-5-9-27(10-6-25)45-21-28-18-30(41(42)43)40-12-11-37-31(40)46-28/h1-12,17,28,30H,13-16,18-21H2. The molecular weight excluding hydrogens is 610 g/mol. The zero-order chi connectivity index (χ0) is 32.3. The average Bonchev–Trinajstić information content (AvgIpc) is 3.52. The van der Waals surface area contributed by atoms with Crippen LogP contribution in [0.15, 0.2) is 79.1 Å². The highest BCUT2D eigenvalue weighted by molar-refractivity contribution is 5.49. The van der Waals surface area contributed by atoms with Crippen molar-refractivity contribution < 1.29 is 36.7 Å². The Kier molecular flexibility index (Phi) is 8.97. The van der Waals surface area contributed by atoms with Crippen LogP contribution in [-0.4, -0.2) is 58.3 Å². The predicted molar refractivity (Wildman–Crippen MR) is 159 cm³/mol. The van der Waals surface area contributed by atoms with E-state index >= 15 is 0 Å². The molecule has 3 heterocycles. The van der Waals surface area contributed by atoms with Gasteiger partial charge in [0, 0.05) is 61.3 Å². The first-order valence-corrected chi connectivity index (χ1v) is 14.7. The number of benzene rings is 3. The Morgan fingerprint density at radius 3 is 2.33 bits per heavy atom. The summed E-state index contributed by atoms with van der Waals surface area (Å²) in [7, 11) is 0. The van der Waals surface area contributed by atoms with Crippen LogP contribution in [0.5, 0.6) is 17.5 Å². The maximum Gasteiger partial charge on any atom is 0.416 e. The number of nitrogens with zero attached hydrogens (tertiary/aromatic N) is 5. The van der Waals surface area contributed by atoms with Gasteiger partial charge in [0.05, 0.1) is 12.0 Å². The number of fused-ring (bicyclic) bond motifs is 1. The maximum absolute atomic E-state index is 14.1. The summed E-state index contributed by atoms with van der Waals surface area (Å²) in [4.78, 5) is 19.8. The van der Waals surface area contributed by atoms with Crippen LogP contribution in [0.1, 0.15) is 29.3 Å². The summed E-state index contributed by atoms with van der Waals surface area (Å²) in [5.74, 6) is 0.193. The van der Waals surface area contributed by atoms with Crippen LogP contribution in [0.4, 0.5) is 23.2 Å². The fraction of sp³-hybridized carbons (Fsp3) is 0.344. The number of hydrogen-bond acceptors (Lipinski definition) is 8. The van der Waals surface area contributed by atoms with Gasteiger partial charge in [-0.25, -0.2) is 13.9 Å². The topological polar surface area (TPSA) is 95.1 Å². The van der Waals surface area contributed by atoms with Gasteiger partial charge in [-0.05, 0) is 54.1 Å². The van der Waals surface area contributed by atoms with Crippen molar-refractivity contribution in [3.8, 4) is 17.5 Å². The van der Waals surface area contributed by atoms with Crippen LogP contribution in [0.25, 0.3) is 0 Å². The van der Waals surface area contributed by atoms with Crippen LogP contribution in [-0.2, 0) is 19.3 Å². The quantitative estimate of drug-likeness (QED) is 0.119. The first-order valence-electron chi connectivity index (χ1n) is 14.7. The zero-order valence-electron chi connectivity index (χ0n) is 24.6. The number of nitro groups is 1. The zero-order valence-corrected chi connectivity index (χ0v) is 24.6. The maximum atomic E-state index is 14.1. The summed E-state index contributed by atoms with van der Waals surface area (Å²) in [5.41, 5.74) is 1.17. The number of alkyl halides is 3. The Hall–Kier alpha value is -4.85. The molecule has 0 N–H and O–H groups in total. The minimum Gasteiger partial charge on any atom is -0.490 e. The number of rotatable bonds is 10. The molecule has 3 aromatic carbocycles. The number of piperazine rings is 1. The van der Waals surface area contributed by atoms with E-state index in [2.05, 4.69) is 14.8 Å². The van der Waals surface area contributed by atoms with E-state index in [1.807, 2.05) is 36.4 Å². The van der Waals surface area contributed by atoms with E-state index in [9.17, 15) is 27.7 Å². The number of hydrogen-bond donors (Lipinski definition) is 0. The van der Waals surface area contributed by atoms with Crippen molar-refractivity contribution in [2.75, 3.05) is 37.7 Å². The van der Waals surface area contributed by atoms with Gasteiger partial charge in [-0.2, -0.15) is 13.2 Å². The minimum absolute atomic E-state index is 0.0492. The summed E-state index contributed by atoms with van der Waals surface area (Å²) in [6.07, 6.45) is -2.82. The number of halogens is 4. The molecular formula is C32H31F4N5O5. The molecule has 2 unspecified atom stereocenters. The van der Waals surface area contributed by atoms with Crippen LogP contribution in [0, 0.1) is 15.9 Å². The molecule has 0 aliphatic carbocycles. The van der Waals surface area contributed by atoms with Crippen molar-refractivity contribution >= 4 is 5.69 Å². The molecule has 1 fully saturated rings. The number of anilines is 1. The third-order valence-corrected chi connectivity index (χ3v) is 8.06. The number of ether oxygens (including phenoxy) is 3. The second-order valence-electron chi connectivity index (χ2n) is 11.2. The Balaban J connectivity index is 0.934. The van der Waals surface area contributed by atoms with Gasteiger partial charge in [-0.15, -0.1) is 0 Å². The summed E-state index contributed by atoms with van der Waals surface area (Å²) in [5, 5.41) is 11.5. The van der Waals surface area contributed by atoms with Crippen LogP contribution < -0.4 is 19.1 Å². The first kappa shape index (κ1) is 31.1. The van der Waals surface area contributed by atoms with E-state index in [1.54, 1.807) is 12.1 Å². The molecule has 0 spiro atoms. The molecule has 6 rings (SSSR count). The van der Waals surface area contributed by atoms with E-state index in [1.165, 1.54) is 17.0 Å². The third kappa shape index (κ3) is 7.33. The van der Waals surface area contributed by atoms with Crippen molar-refractivity contribution in [3.63, 3.8) is 0 Å². The molecule has 242 valence electrons. The summed E-state index contributed by atoms with van der Waals surface area (Å²) >= 11 is 0. The van der Waals surface area contributed by atoms with E-state index < -0.39 is 29.8 Å². The molecule has 0 radical (unpaired) electrons. The lowest BCUT2D eigenvalue weighted by molar-refractivity contribution is -0.553. The van der Waals surface area contributed by atoms with E-state index in [-0.39, 0.29) is 36.1 Å². The molecule has 2 aliphatic heterocycles. The van der Waals surface area contributed by atoms with E-state index in [0.29, 0.717) is 17.6 Å². The van der Waals surface area contributed by atoms with Gasteiger partial charge < -0.3 is 19.1 Å². The molecule has 4 aromatic rings. The van der Waals surface area contributed by atoms with Crippen molar-refractivity contribution in [2.45, 2.75) is 38.0 Å². The average molecular weight is 642 g/mol. The molecule has 46 heavy (non-hydrogen) atoms. The third-order valence-electron chi connectivity index (χ3n) is 8.06. The summed E-state index contributed by atoms with van der Waals surface area (Å²) in [6, 6.07) is 17.8. The Morgan fingerprint density at radius 2 is 1.65 bits per heavy atom. The summed E-state index contributed by atoms with van der Waals surface area (Å²) < 4.78 is 71.0. The molecule has 10 nitrogen and oxygen atoms in total. The lowest BCUT2D eigenvalue weighted by Gasteiger charge is -2.36. The van der Waals surface area contributed by atoms with Crippen molar-refractivity contribution in [2.24, 2.45) is 0 Å². The van der Waals surface area contributed by atoms with Gasteiger partial charge in [-0.3, -0.25) is 15.0 Å². The first-order chi connectivity index (χ1) is 22.1. The second kappa shape index (κ2) is 13.3. The van der Waals surface area contributed by atoms with Crippen LogP contribution in [0.2, 0.25) is 0 Å². The van der Waals surface area contributed by atoms with Crippen molar-refractivity contribution in [3.05, 3.63) is 112 Å². The van der Waals surface area contributed by atoms with Crippen molar-refractivity contribution in [1.29, 1.82) is 0 Å².